The SMILES string of the molecule is C[C@@H](C[C@@H]1c2ccccc2Cc2ccc(F)cc2[C@@H]1C)CN1CCNCC1. The first-order chi connectivity index (χ1) is 13.1. The van der Waals surface area contributed by atoms with Crippen molar-refractivity contribution in [3.8, 4) is 0 Å². The van der Waals surface area contributed by atoms with Crippen LogP contribution in [0.15, 0.2) is 42.5 Å². The monoisotopic (exact) mass is 366 g/mol. The van der Waals surface area contributed by atoms with Crippen molar-refractivity contribution in [1.29, 1.82) is 0 Å². The van der Waals surface area contributed by atoms with Crippen LogP contribution in [-0.4, -0.2) is 37.6 Å². The number of rotatable bonds is 4. The van der Waals surface area contributed by atoms with Gasteiger partial charge in [0.05, 0.1) is 0 Å². The Labute approximate surface area is 162 Å². The quantitative estimate of drug-likeness (QED) is 0.854. The van der Waals surface area contributed by atoms with Gasteiger partial charge in [0.1, 0.15) is 5.82 Å². The van der Waals surface area contributed by atoms with Gasteiger partial charge in [0.25, 0.3) is 0 Å². The number of fused-ring (bicyclic) bond motifs is 2. The van der Waals surface area contributed by atoms with E-state index in [1.165, 1.54) is 22.3 Å². The van der Waals surface area contributed by atoms with E-state index in [9.17, 15) is 4.39 Å². The van der Waals surface area contributed by atoms with E-state index >= 15 is 0 Å². The molecule has 3 heteroatoms. The zero-order chi connectivity index (χ0) is 18.8. The van der Waals surface area contributed by atoms with Crippen molar-refractivity contribution in [2.75, 3.05) is 32.7 Å². The molecule has 0 radical (unpaired) electrons. The second-order valence-electron chi connectivity index (χ2n) is 8.51. The topological polar surface area (TPSA) is 15.3 Å². The largest absolute Gasteiger partial charge is 0.314 e. The van der Waals surface area contributed by atoms with Gasteiger partial charge < -0.3 is 10.2 Å². The molecule has 2 aromatic rings. The van der Waals surface area contributed by atoms with Gasteiger partial charge in [-0.1, -0.05) is 44.2 Å². The summed E-state index contributed by atoms with van der Waals surface area (Å²) in [5.41, 5.74) is 5.36. The van der Waals surface area contributed by atoms with Crippen LogP contribution in [0.25, 0.3) is 0 Å². The number of hydrogen-bond acceptors (Lipinski definition) is 2. The lowest BCUT2D eigenvalue weighted by molar-refractivity contribution is 0.201. The molecular weight excluding hydrogens is 335 g/mol. The number of halogens is 1. The number of piperazine rings is 1. The van der Waals surface area contributed by atoms with E-state index in [4.69, 9.17) is 0 Å². The molecule has 27 heavy (non-hydrogen) atoms. The number of nitrogens with one attached hydrogen (secondary N) is 1. The molecule has 4 rings (SSSR count). The first-order valence-electron chi connectivity index (χ1n) is 10.4. The van der Waals surface area contributed by atoms with Crippen LogP contribution >= 0.6 is 0 Å². The van der Waals surface area contributed by atoms with E-state index in [1.54, 1.807) is 12.1 Å². The van der Waals surface area contributed by atoms with Crippen LogP contribution in [0.4, 0.5) is 4.39 Å². The molecule has 144 valence electrons. The van der Waals surface area contributed by atoms with Crippen LogP contribution in [0.3, 0.4) is 0 Å². The molecular formula is C24H31FN2. The third kappa shape index (κ3) is 4.09. The lowest BCUT2D eigenvalue weighted by Gasteiger charge is -2.32. The van der Waals surface area contributed by atoms with Gasteiger partial charge in [-0.3, -0.25) is 0 Å². The van der Waals surface area contributed by atoms with Gasteiger partial charge in [0.2, 0.25) is 0 Å². The molecule has 1 aliphatic heterocycles. The van der Waals surface area contributed by atoms with E-state index in [2.05, 4.69) is 48.3 Å². The maximum absolute atomic E-state index is 14.0. The molecule has 0 amide bonds. The zero-order valence-electron chi connectivity index (χ0n) is 16.5. The Hall–Kier alpha value is -1.71. The van der Waals surface area contributed by atoms with Crippen LogP contribution in [0.1, 0.15) is 54.4 Å². The Morgan fingerprint density at radius 1 is 1.07 bits per heavy atom. The molecule has 2 nitrogen and oxygen atoms in total. The predicted molar refractivity (Wildman–Crippen MR) is 110 cm³/mol. The highest BCUT2D eigenvalue weighted by Crippen LogP contribution is 2.43. The summed E-state index contributed by atoms with van der Waals surface area (Å²) in [4.78, 5) is 2.59. The Kier molecular flexibility index (Phi) is 5.60. The minimum Gasteiger partial charge on any atom is -0.314 e. The van der Waals surface area contributed by atoms with Crippen molar-refractivity contribution in [2.24, 2.45) is 5.92 Å². The van der Waals surface area contributed by atoms with Gasteiger partial charge >= 0.3 is 0 Å². The van der Waals surface area contributed by atoms with Gasteiger partial charge in [-0.2, -0.15) is 0 Å². The summed E-state index contributed by atoms with van der Waals surface area (Å²) in [5, 5.41) is 3.44. The van der Waals surface area contributed by atoms with Crippen molar-refractivity contribution in [1.82, 2.24) is 10.2 Å². The highest BCUT2D eigenvalue weighted by Gasteiger charge is 2.30. The fourth-order valence-electron chi connectivity index (χ4n) is 5.07. The molecule has 0 aromatic heterocycles. The Morgan fingerprint density at radius 3 is 2.63 bits per heavy atom. The number of benzene rings is 2. The average Bonchev–Trinajstić information content (AvgIpc) is 2.78. The fourth-order valence-corrected chi connectivity index (χ4v) is 5.07. The van der Waals surface area contributed by atoms with Crippen molar-refractivity contribution >= 4 is 0 Å². The molecule has 2 aliphatic rings. The van der Waals surface area contributed by atoms with Crippen molar-refractivity contribution in [2.45, 2.75) is 38.5 Å². The van der Waals surface area contributed by atoms with Crippen molar-refractivity contribution in [3.05, 3.63) is 70.5 Å². The van der Waals surface area contributed by atoms with E-state index in [1.807, 2.05) is 6.07 Å². The standard InChI is InChI=1S/C24H31FN2/c1-17(16-27-11-9-26-10-12-27)13-24-18(2)23-15-21(25)8-7-20(23)14-19-5-3-4-6-22(19)24/h3-8,15,17-18,24,26H,9-14,16H2,1-2H3/t17-,18-,24-/m0/s1. The predicted octanol–water partition coefficient (Wildman–Crippen LogP) is 4.55. The number of hydrogen-bond donors (Lipinski definition) is 1. The summed E-state index contributed by atoms with van der Waals surface area (Å²) >= 11 is 0. The zero-order valence-corrected chi connectivity index (χ0v) is 16.5. The number of nitrogens with zero attached hydrogens (tertiary/aromatic N) is 1. The minimum atomic E-state index is -0.112. The van der Waals surface area contributed by atoms with Gasteiger partial charge in [-0.25, -0.2) is 4.39 Å². The molecule has 0 saturated carbocycles. The Balaban J connectivity index is 1.61. The highest BCUT2D eigenvalue weighted by molar-refractivity contribution is 5.45. The van der Waals surface area contributed by atoms with E-state index in [0.717, 1.165) is 45.6 Å². The minimum absolute atomic E-state index is 0.112. The van der Waals surface area contributed by atoms with E-state index < -0.39 is 0 Å². The molecule has 1 N–H and O–H groups in total. The molecule has 3 atom stereocenters. The molecule has 0 unspecified atom stereocenters. The highest BCUT2D eigenvalue weighted by atomic mass is 19.1. The normalized spacial score (nSPS) is 24.0. The summed E-state index contributed by atoms with van der Waals surface area (Å²) in [7, 11) is 0. The van der Waals surface area contributed by atoms with Gasteiger partial charge in [0, 0.05) is 32.7 Å². The van der Waals surface area contributed by atoms with Gasteiger partial charge in [-0.05, 0) is 65.0 Å². The maximum Gasteiger partial charge on any atom is 0.123 e. The maximum atomic E-state index is 14.0. The molecule has 0 bridgehead atoms. The van der Waals surface area contributed by atoms with Crippen LogP contribution in [0.2, 0.25) is 0 Å². The summed E-state index contributed by atoms with van der Waals surface area (Å²) in [6.07, 6.45) is 2.07. The first kappa shape index (κ1) is 18.6. The second kappa shape index (κ2) is 8.12. The van der Waals surface area contributed by atoms with Crippen LogP contribution in [0.5, 0.6) is 0 Å². The molecule has 2 aromatic carbocycles. The van der Waals surface area contributed by atoms with Crippen LogP contribution in [-0.2, 0) is 6.42 Å². The van der Waals surface area contributed by atoms with Gasteiger partial charge in [0.15, 0.2) is 0 Å². The van der Waals surface area contributed by atoms with Crippen molar-refractivity contribution in [3.63, 3.8) is 0 Å². The fraction of sp³-hybridized carbons (Fsp3) is 0.500. The van der Waals surface area contributed by atoms with Crippen molar-refractivity contribution < 1.29 is 4.39 Å². The molecule has 1 fully saturated rings. The smallest absolute Gasteiger partial charge is 0.123 e. The summed E-state index contributed by atoms with van der Waals surface area (Å²) in [6.45, 7) is 10.3. The molecule has 0 spiro atoms. The first-order valence-corrected chi connectivity index (χ1v) is 10.4. The second-order valence-corrected chi connectivity index (χ2v) is 8.51. The summed E-state index contributed by atoms with van der Waals surface area (Å²) in [5.74, 6) is 1.30. The Morgan fingerprint density at radius 2 is 1.81 bits per heavy atom. The molecule has 1 heterocycles. The summed E-state index contributed by atoms with van der Waals surface area (Å²) < 4.78 is 14.0. The molecule has 1 aliphatic carbocycles. The van der Waals surface area contributed by atoms with Gasteiger partial charge in [-0.15, -0.1) is 0 Å². The Bertz CT molecular complexity index is 782. The van der Waals surface area contributed by atoms with E-state index in [0.29, 0.717) is 17.8 Å². The molecule has 1 saturated heterocycles. The lowest BCUT2D eigenvalue weighted by atomic mass is 9.77. The van der Waals surface area contributed by atoms with Crippen LogP contribution < -0.4 is 5.32 Å². The third-order valence-electron chi connectivity index (χ3n) is 6.47. The summed E-state index contributed by atoms with van der Waals surface area (Å²) in [6, 6.07) is 14.2. The van der Waals surface area contributed by atoms with Crippen LogP contribution in [0, 0.1) is 11.7 Å². The average molecular weight is 367 g/mol. The van der Waals surface area contributed by atoms with E-state index in [-0.39, 0.29) is 5.82 Å². The lowest BCUT2D eigenvalue weighted by Crippen LogP contribution is -2.45. The third-order valence-corrected chi connectivity index (χ3v) is 6.47.